The fourth-order valence-corrected chi connectivity index (χ4v) is 4.31. The molecule has 0 bridgehead atoms. The molecule has 3 N–H and O–H groups in total. The summed E-state index contributed by atoms with van der Waals surface area (Å²) in [5.41, 5.74) is -0.747. The van der Waals surface area contributed by atoms with Crippen molar-refractivity contribution in [2.24, 2.45) is 4.99 Å². The minimum Gasteiger partial charge on any atom is -0.481 e. The van der Waals surface area contributed by atoms with E-state index in [1.807, 2.05) is 0 Å². The molecule has 42 heavy (non-hydrogen) atoms. The Kier molecular flexibility index (Phi) is 9.35. The fourth-order valence-electron chi connectivity index (χ4n) is 4.31. The average Bonchev–Trinajstić information content (AvgIpc) is 3.44. The van der Waals surface area contributed by atoms with Gasteiger partial charge in [0.1, 0.15) is 12.4 Å². The van der Waals surface area contributed by atoms with Crippen LogP contribution in [0.25, 0.3) is 11.1 Å². The van der Waals surface area contributed by atoms with Crippen molar-refractivity contribution in [1.29, 1.82) is 0 Å². The maximum absolute atomic E-state index is 13.1. The topological polar surface area (TPSA) is 130 Å². The predicted octanol–water partition coefficient (Wildman–Crippen LogP) is 4.82. The van der Waals surface area contributed by atoms with E-state index in [2.05, 4.69) is 20.6 Å². The summed E-state index contributed by atoms with van der Waals surface area (Å²) < 4.78 is 44.0. The van der Waals surface area contributed by atoms with E-state index in [9.17, 15) is 32.7 Å². The molecule has 2 heterocycles. The van der Waals surface area contributed by atoms with Gasteiger partial charge in [0, 0.05) is 12.4 Å². The van der Waals surface area contributed by atoms with Gasteiger partial charge in [0.05, 0.1) is 31.0 Å². The first-order valence-electron chi connectivity index (χ1n) is 12.9. The highest BCUT2D eigenvalue weighted by molar-refractivity contribution is 5.96. The van der Waals surface area contributed by atoms with Gasteiger partial charge in [0.25, 0.3) is 0 Å². The second-order valence-corrected chi connectivity index (χ2v) is 9.43. The van der Waals surface area contributed by atoms with E-state index < -0.39 is 54.0 Å². The van der Waals surface area contributed by atoms with Gasteiger partial charge in [-0.1, -0.05) is 42.5 Å². The predicted molar refractivity (Wildman–Crippen MR) is 149 cm³/mol. The number of hydrogen-bond donors (Lipinski definition) is 3. The Morgan fingerprint density at radius 1 is 0.976 bits per heavy atom. The van der Waals surface area contributed by atoms with Crippen molar-refractivity contribution in [3.63, 3.8) is 0 Å². The molecule has 9 nitrogen and oxygen atoms in total. The molecule has 0 aliphatic carbocycles. The molecular weight excluding hydrogens is 553 g/mol. The first-order valence-corrected chi connectivity index (χ1v) is 12.9. The molecule has 12 heteroatoms. The number of carboxylic acid groups (broad SMARTS) is 1. The average molecular weight is 581 g/mol. The lowest BCUT2D eigenvalue weighted by Gasteiger charge is -2.24. The molecule has 3 aromatic rings. The second kappa shape index (κ2) is 13.1. The number of ether oxygens (including phenoxy) is 1. The smallest absolute Gasteiger partial charge is 0.416 e. The standard InChI is InChI=1S/C30H27F3N4O5/c31-30(32,33)23-11-9-21(10-12-23)20-5-7-22(8-6-20)24(18-27(39)40)37-26(38)19-29(13-3-15-36-29)28(41)42-17-16-35-25-4-1-2-14-34-25/h1-15,24H,16-19H2,(H,34,35)(H,37,38)(H,39,40). The van der Waals surface area contributed by atoms with Crippen molar-refractivity contribution < 1.29 is 37.4 Å². The van der Waals surface area contributed by atoms with Gasteiger partial charge in [0.2, 0.25) is 5.91 Å². The molecule has 0 fully saturated rings. The number of anilines is 1. The monoisotopic (exact) mass is 580 g/mol. The van der Waals surface area contributed by atoms with Crippen LogP contribution in [0.15, 0.2) is 90.1 Å². The first kappa shape index (κ1) is 30.0. The Balaban J connectivity index is 1.39. The van der Waals surface area contributed by atoms with Gasteiger partial charge in [-0.05, 0) is 53.1 Å². The molecule has 0 saturated heterocycles. The zero-order valence-electron chi connectivity index (χ0n) is 22.2. The lowest BCUT2D eigenvalue weighted by atomic mass is 9.95. The lowest BCUT2D eigenvalue weighted by molar-refractivity contribution is -0.149. The number of halogens is 3. The van der Waals surface area contributed by atoms with Gasteiger partial charge in [-0.15, -0.1) is 0 Å². The highest BCUT2D eigenvalue weighted by Gasteiger charge is 2.41. The quantitative estimate of drug-likeness (QED) is 0.207. The summed E-state index contributed by atoms with van der Waals surface area (Å²) >= 11 is 0. The van der Waals surface area contributed by atoms with Crippen molar-refractivity contribution in [2.75, 3.05) is 18.5 Å². The highest BCUT2D eigenvalue weighted by atomic mass is 19.4. The highest BCUT2D eigenvalue weighted by Crippen LogP contribution is 2.31. The molecule has 0 saturated carbocycles. The molecule has 1 aromatic heterocycles. The number of pyridine rings is 1. The summed E-state index contributed by atoms with van der Waals surface area (Å²) in [6.07, 6.45) is 0.673. The van der Waals surface area contributed by atoms with Crippen LogP contribution in [0.3, 0.4) is 0 Å². The maximum atomic E-state index is 13.1. The number of esters is 1. The number of carbonyl (C=O) groups is 3. The fraction of sp³-hybridized carbons (Fsp3) is 0.233. The molecule has 0 radical (unpaired) electrons. The molecule has 218 valence electrons. The minimum absolute atomic E-state index is 0.00490. The molecule has 2 unspecified atom stereocenters. The summed E-state index contributed by atoms with van der Waals surface area (Å²) in [7, 11) is 0. The number of allylic oxidation sites excluding steroid dienone is 1. The SMILES string of the molecule is O=C(O)CC(NC(=O)CC1(C(=O)OCCNc2ccccn2)C=CC=N1)c1ccc(-c2ccc(C(F)(F)F)cc2)cc1. The van der Waals surface area contributed by atoms with Crippen LogP contribution in [0.5, 0.6) is 0 Å². The van der Waals surface area contributed by atoms with Crippen molar-refractivity contribution in [3.8, 4) is 11.1 Å². The Morgan fingerprint density at radius 2 is 1.67 bits per heavy atom. The number of hydrogen-bond acceptors (Lipinski definition) is 7. The summed E-state index contributed by atoms with van der Waals surface area (Å²) in [5.74, 6) is -1.92. The van der Waals surface area contributed by atoms with Crippen LogP contribution < -0.4 is 10.6 Å². The largest absolute Gasteiger partial charge is 0.481 e. The number of carboxylic acids is 1. The number of aromatic nitrogens is 1. The van der Waals surface area contributed by atoms with Crippen LogP contribution in [-0.2, 0) is 25.3 Å². The van der Waals surface area contributed by atoms with Gasteiger partial charge in [0.15, 0.2) is 5.54 Å². The van der Waals surface area contributed by atoms with Crippen LogP contribution in [0.2, 0.25) is 0 Å². The van der Waals surface area contributed by atoms with Crippen LogP contribution in [0, 0.1) is 0 Å². The number of rotatable bonds is 12. The number of carbonyl (C=O) groups excluding carboxylic acids is 2. The third-order valence-electron chi connectivity index (χ3n) is 6.43. The van der Waals surface area contributed by atoms with Gasteiger partial charge >= 0.3 is 18.1 Å². The summed E-state index contributed by atoms with van der Waals surface area (Å²) in [6, 6.07) is 15.5. The van der Waals surface area contributed by atoms with Crippen LogP contribution in [0.4, 0.5) is 19.0 Å². The molecular formula is C30H27F3N4O5. The van der Waals surface area contributed by atoms with Crippen LogP contribution >= 0.6 is 0 Å². The van der Waals surface area contributed by atoms with E-state index in [0.717, 1.165) is 12.1 Å². The number of nitrogens with zero attached hydrogens (tertiary/aromatic N) is 2. The van der Waals surface area contributed by atoms with E-state index in [0.29, 0.717) is 22.5 Å². The molecule has 1 aliphatic rings. The normalized spacial score (nSPS) is 16.5. The van der Waals surface area contributed by atoms with Gasteiger partial charge in [-0.3, -0.25) is 14.6 Å². The lowest BCUT2D eigenvalue weighted by Crippen LogP contribution is -2.42. The number of alkyl halides is 3. The van der Waals surface area contributed by atoms with Gasteiger partial charge < -0.3 is 20.5 Å². The van der Waals surface area contributed by atoms with E-state index in [1.54, 1.807) is 48.7 Å². The Bertz CT molecular complexity index is 1450. The number of nitrogens with one attached hydrogen (secondary N) is 2. The molecule has 0 spiro atoms. The van der Waals surface area contributed by atoms with Crippen molar-refractivity contribution in [3.05, 3.63) is 96.2 Å². The number of aliphatic carboxylic acids is 1. The molecule has 1 aliphatic heterocycles. The third-order valence-corrected chi connectivity index (χ3v) is 6.43. The number of aliphatic imine (C=N–C) groups is 1. The Morgan fingerprint density at radius 3 is 2.24 bits per heavy atom. The maximum Gasteiger partial charge on any atom is 0.416 e. The molecule has 1 amide bonds. The minimum atomic E-state index is -4.45. The van der Waals surface area contributed by atoms with Crippen LogP contribution in [0.1, 0.15) is 30.0 Å². The Labute approximate surface area is 239 Å². The zero-order valence-corrected chi connectivity index (χ0v) is 22.2. The zero-order chi connectivity index (χ0) is 30.2. The molecule has 2 atom stereocenters. The molecule has 4 rings (SSSR count). The van der Waals surface area contributed by atoms with Crippen molar-refractivity contribution >= 4 is 29.9 Å². The second-order valence-electron chi connectivity index (χ2n) is 9.43. The van der Waals surface area contributed by atoms with E-state index >= 15 is 0 Å². The van der Waals surface area contributed by atoms with E-state index in [4.69, 9.17) is 4.74 Å². The van der Waals surface area contributed by atoms with Gasteiger partial charge in [-0.2, -0.15) is 13.2 Å². The number of benzene rings is 2. The summed E-state index contributed by atoms with van der Waals surface area (Å²) in [4.78, 5) is 45.8. The van der Waals surface area contributed by atoms with E-state index in [-0.39, 0.29) is 13.2 Å². The molecule has 2 aromatic carbocycles. The van der Waals surface area contributed by atoms with Crippen molar-refractivity contribution in [2.45, 2.75) is 30.6 Å². The first-order chi connectivity index (χ1) is 20.1. The van der Waals surface area contributed by atoms with Crippen LogP contribution in [-0.4, -0.2) is 52.8 Å². The summed E-state index contributed by atoms with van der Waals surface area (Å²) in [6.45, 7) is 0.274. The third kappa shape index (κ3) is 7.80. The van der Waals surface area contributed by atoms with Gasteiger partial charge in [-0.25, -0.2) is 9.78 Å². The summed E-state index contributed by atoms with van der Waals surface area (Å²) in [5, 5.41) is 15.1. The van der Waals surface area contributed by atoms with Crippen molar-refractivity contribution in [1.82, 2.24) is 10.3 Å². The Hall–Kier alpha value is -5.00. The van der Waals surface area contributed by atoms with E-state index in [1.165, 1.54) is 30.5 Å². The number of amides is 1.